The van der Waals surface area contributed by atoms with Gasteiger partial charge in [0, 0.05) is 29.6 Å². The van der Waals surface area contributed by atoms with E-state index in [1.54, 1.807) is 18.5 Å². The van der Waals surface area contributed by atoms with E-state index in [0.29, 0.717) is 11.6 Å². The van der Waals surface area contributed by atoms with Gasteiger partial charge in [-0.2, -0.15) is 9.78 Å². The summed E-state index contributed by atoms with van der Waals surface area (Å²) in [5, 5.41) is 19.3. The molecule has 1 aliphatic heterocycles. The van der Waals surface area contributed by atoms with Crippen molar-refractivity contribution in [2.45, 2.75) is 25.4 Å². The molecule has 1 saturated heterocycles. The van der Waals surface area contributed by atoms with E-state index in [4.69, 9.17) is 5.73 Å². The van der Waals surface area contributed by atoms with Crippen LogP contribution in [0, 0.1) is 11.6 Å². The molecule has 5 rings (SSSR count). The molecule has 0 radical (unpaired) electrons. The van der Waals surface area contributed by atoms with Crippen LogP contribution in [0.3, 0.4) is 0 Å². The van der Waals surface area contributed by atoms with Crippen molar-refractivity contribution in [2.75, 3.05) is 12.3 Å². The molecule has 1 unspecified atom stereocenters. The highest BCUT2D eigenvalue weighted by Gasteiger charge is 2.20. The van der Waals surface area contributed by atoms with Gasteiger partial charge in [0.15, 0.2) is 17.5 Å². The predicted octanol–water partition coefficient (Wildman–Crippen LogP) is 2.20. The number of nitrogens with one attached hydrogen (secondary N) is 1. The number of nitrogen functional groups attached to an aromatic ring is 1. The molecule has 1 fully saturated rings. The first kappa shape index (κ1) is 19.2. The third-order valence-corrected chi connectivity index (χ3v) is 5.32. The number of anilines is 1. The molecule has 0 spiro atoms. The van der Waals surface area contributed by atoms with Gasteiger partial charge in [0.2, 0.25) is 0 Å². The Labute approximate surface area is 175 Å². The van der Waals surface area contributed by atoms with Crippen LogP contribution >= 0.6 is 0 Å². The maximum Gasteiger partial charge on any atom is 0.190 e. The normalized spacial score (nSPS) is 16.1. The lowest BCUT2D eigenvalue weighted by atomic mass is 10.1. The molecule has 158 valence electrons. The number of tetrazole rings is 1. The van der Waals surface area contributed by atoms with Gasteiger partial charge in [0.05, 0.1) is 18.3 Å². The van der Waals surface area contributed by atoms with Crippen molar-refractivity contribution < 1.29 is 8.78 Å². The van der Waals surface area contributed by atoms with Gasteiger partial charge < -0.3 is 11.1 Å². The third-order valence-electron chi connectivity index (χ3n) is 5.32. The minimum absolute atomic E-state index is 0.123. The number of aromatic nitrogens is 7. The molecule has 1 aliphatic rings. The molecule has 9 nitrogen and oxygen atoms in total. The van der Waals surface area contributed by atoms with Gasteiger partial charge in [0.1, 0.15) is 11.5 Å². The standard InChI is InChI=1S/C20H19F2N9/c21-16-4-1-5-17(18(16)22)31-20(27-28-29-31)15-7-12(8-25-19(15)23)13-9-26-30(10-13)11-14-3-2-6-24-14/h1,4-5,7-10,14,24H,2-3,6,11H2,(H2,23,25). The molecule has 1 aromatic carbocycles. The van der Waals surface area contributed by atoms with Gasteiger partial charge in [-0.25, -0.2) is 13.8 Å². The van der Waals surface area contributed by atoms with Crippen molar-refractivity contribution in [3.8, 4) is 28.2 Å². The minimum Gasteiger partial charge on any atom is -0.383 e. The molecule has 4 heterocycles. The third kappa shape index (κ3) is 3.63. The number of rotatable bonds is 5. The van der Waals surface area contributed by atoms with Crippen LogP contribution in [-0.4, -0.2) is 47.6 Å². The molecule has 11 heteroatoms. The average molecular weight is 423 g/mol. The van der Waals surface area contributed by atoms with E-state index in [0.717, 1.165) is 41.4 Å². The molecule has 4 aromatic rings. The number of hydrogen-bond donors (Lipinski definition) is 2. The first-order valence-corrected chi connectivity index (χ1v) is 9.85. The Hall–Kier alpha value is -3.73. The number of halogens is 2. The summed E-state index contributed by atoms with van der Waals surface area (Å²) in [6.07, 6.45) is 7.62. The number of nitrogens with zero attached hydrogens (tertiary/aromatic N) is 7. The highest BCUT2D eigenvalue weighted by molar-refractivity contribution is 5.76. The Morgan fingerprint density at radius 3 is 2.94 bits per heavy atom. The van der Waals surface area contributed by atoms with E-state index in [9.17, 15) is 8.78 Å². The Balaban J connectivity index is 1.50. The van der Waals surface area contributed by atoms with Gasteiger partial charge in [-0.1, -0.05) is 6.07 Å². The summed E-state index contributed by atoms with van der Waals surface area (Å²) in [4.78, 5) is 4.25. The Morgan fingerprint density at radius 2 is 2.10 bits per heavy atom. The lowest BCUT2D eigenvalue weighted by Gasteiger charge is -2.10. The fourth-order valence-electron chi connectivity index (χ4n) is 3.74. The van der Waals surface area contributed by atoms with Crippen LogP contribution in [0.1, 0.15) is 12.8 Å². The Kier molecular flexibility index (Phi) is 4.86. The summed E-state index contributed by atoms with van der Waals surface area (Å²) in [6, 6.07) is 5.96. The summed E-state index contributed by atoms with van der Waals surface area (Å²) >= 11 is 0. The number of hydrogen-bond acceptors (Lipinski definition) is 7. The molecule has 1 atom stereocenters. The first-order valence-electron chi connectivity index (χ1n) is 9.85. The highest BCUT2D eigenvalue weighted by Crippen LogP contribution is 2.30. The lowest BCUT2D eigenvalue weighted by molar-refractivity contribution is 0.476. The molecule has 0 saturated carbocycles. The summed E-state index contributed by atoms with van der Waals surface area (Å²) in [5.74, 6) is -1.73. The summed E-state index contributed by atoms with van der Waals surface area (Å²) in [5.41, 5.74) is 7.95. The largest absolute Gasteiger partial charge is 0.383 e. The number of nitrogens with two attached hydrogens (primary N) is 1. The fraction of sp³-hybridized carbons (Fsp3) is 0.250. The minimum atomic E-state index is -1.06. The highest BCUT2D eigenvalue weighted by atomic mass is 19.2. The van der Waals surface area contributed by atoms with E-state index in [2.05, 4.69) is 30.9 Å². The summed E-state index contributed by atoms with van der Waals surface area (Å²) in [6.45, 7) is 1.82. The maximum atomic E-state index is 14.3. The van der Waals surface area contributed by atoms with Crippen LogP contribution in [-0.2, 0) is 6.54 Å². The van der Waals surface area contributed by atoms with Crippen molar-refractivity contribution in [2.24, 2.45) is 0 Å². The van der Waals surface area contributed by atoms with Crippen molar-refractivity contribution in [3.05, 3.63) is 54.5 Å². The molecule has 3 aromatic heterocycles. The monoisotopic (exact) mass is 423 g/mol. The molecule has 0 amide bonds. The predicted molar refractivity (Wildman–Crippen MR) is 109 cm³/mol. The van der Waals surface area contributed by atoms with E-state index in [1.807, 2.05) is 10.9 Å². The van der Waals surface area contributed by atoms with Gasteiger partial charge in [-0.15, -0.1) is 5.10 Å². The molecule has 31 heavy (non-hydrogen) atoms. The molecule has 0 aliphatic carbocycles. The maximum absolute atomic E-state index is 14.3. The van der Waals surface area contributed by atoms with Crippen molar-refractivity contribution in [1.82, 2.24) is 40.3 Å². The fourth-order valence-corrected chi connectivity index (χ4v) is 3.74. The Bertz CT molecular complexity index is 1230. The SMILES string of the molecule is Nc1ncc(-c2cnn(CC3CCCN3)c2)cc1-c1nnnn1-c1cccc(F)c1F. The van der Waals surface area contributed by atoms with E-state index in [-0.39, 0.29) is 17.3 Å². The quantitative estimate of drug-likeness (QED) is 0.506. The number of pyridine rings is 1. The smallest absolute Gasteiger partial charge is 0.190 e. The van der Waals surface area contributed by atoms with Crippen molar-refractivity contribution in [3.63, 3.8) is 0 Å². The Morgan fingerprint density at radius 1 is 1.19 bits per heavy atom. The second-order valence-corrected chi connectivity index (χ2v) is 7.39. The van der Waals surface area contributed by atoms with Crippen LogP contribution in [0.4, 0.5) is 14.6 Å². The van der Waals surface area contributed by atoms with Gasteiger partial charge in [0.25, 0.3) is 0 Å². The van der Waals surface area contributed by atoms with Gasteiger partial charge >= 0.3 is 0 Å². The first-order chi connectivity index (χ1) is 15.1. The van der Waals surface area contributed by atoms with Crippen LogP contribution in [0.15, 0.2) is 42.9 Å². The van der Waals surface area contributed by atoms with Gasteiger partial charge in [-0.3, -0.25) is 4.68 Å². The van der Waals surface area contributed by atoms with Crippen LogP contribution in [0.25, 0.3) is 28.2 Å². The van der Waals surface area contributed by atoms with Crippen molar-refractivity contribution >= 4 is 5.82 Å². The topological polar surface area (TPSA) is 112 Å². The van der Waals surface area contributed by atoms with Crippen LogP contribution in [0.2, 0.25) is 0 Å². The van der Waals surface area contributed by atoms with Gasteiger partial charge in [-0.05, 0) is 48.0 Å². The molecule has 0 bridgehead atoms. The second kappa shape index (κ2) is 7.84. The van der Waals surface area contributed by atoms with Crippen LogP contribution < -0.4 is 11.1 Å². The van der Waals surface area contributed by atoms with E-state index < -0.39 is 11.6 Å². The molecule has 3 N–H and O–H groups in total. The zero-order valence-corrected chi connectivity index (χ0v) is 16.4. The second-order valence-electron chi connectivity index (χ2n) is 7.39. The molecular weight excluding hydrogens is 404 g/mol. The molecular formula is C20H19F2N9. The van der Waals surface area contributed by atoms with E-state index >= 15 is 0 Å². The summed E-state index contributed by atoms with van der Waals surface area (Å²) < 4.78 is 31.0. The van der Waals surface area contributed by atoms with Crippen LogP contribution in [0.5, 0.6) is 0 Å². The van der Waals surface area contributed by atoms with Crippen molar-refractivity contribution in [1.29, 1.82) is 0 Å². The van der Waals surface area contributed by atoms with E-state index in [1.165, 1.54) is 18.6 Å². The zero-order chi connectivity index (χ0) is 21.4. The number of benzene rings is 1. The zero-order valence-electron chi connectivity index (χ0n) is 16.4. The lowest BCUT2D eigenvalue weighted by Crippen LogP contribution is -2.26. The average Bonchev–Trinajstić information content (AvgIpc) is 3.53. The summed E-state index contributed by atoms with van der Waals surface area (Å²) in [7, 11) is 0.